The minimum Gasteiger partial charge on any atom is -0.481 e. The van der Waals surface area contributed by atoms with E-state index in [1.54, 1.807) is 6.07 Å². The van der Waals surface area contributed by atoms with E-state index in [1.807, 2.05) is 18.2 Å². The Morgan fingerprint density at radius 3 is 2.52 bits per heavy atom. The third-order valence-electron chi connectivity index (χ3n) is 4.48. The SMILES string of the molecule is O=C(O)[C@H](CNC(=O)[C@@H]1C[C@@H]1c1ccccc1Cl)c1ccc(F)cc1. The fourth-order valence-corrected chi connectivity index (χ4v) is 3.26. The number of rotatable bonds is 6. The molecule has 1 aliphatic carbocycles. The Morgan fingerprint density at radius 1 is 1.20 bits per heavy atom. The number of hydrogen-bond acceptors (Lipinski definition) is 2. The molecular formula is C19H17ClFNO3. The largest absolute Gasteiger partial charge is 0.481 e. The van der Waals surface area contributed by atoms with Gasteiger partial charge in [0.05, 0.1) is 5.92 Å². The molecule has 0 radical (unpaired) electrons. The quantitative estimate of drug-likeness (QED) is 0.826. The average Bonchev–Trinajstić information content (AvgIpc) is 3.37. The number of carbonyl (C=O) groups is 2. The molecule has 1 amide bonds. The van der Waals surface area contributed by atoms with Gasteiger partial charge >= 0.3 is 5.97 Å². The standard InChI is InChI=1S/C19H17ClFNO3/c20-17-4-2-1-3-13(17)14-9-15(14)18(23)22-10-16(19(24)25)11-5-7-12(21)8-6-11/h1-8,14-16H,9-10H2,(H,22,23)(H,24,25)/t14-,15-,16-/m1/s1. The van der Waals surface area contributed by atoms with Crippen LogP contribution in [-0.4, -0.2) is 23.5 Å². The van der Waals surface area contributed by atoms with Gasteiger partial charge in [-0.1, -0.05) is 41.9 Å². The van der Waals surface area contributed by atoms with Crippen molar-refractivity contribution in [2.45, 2.75) is 18.3 Å². The molecule has 0 saturated heterocycles. The number of hydrogen-bond donors (Lipinski definition) is 2. The average molecular weight is 362 g/mol. The Hall–Kier alpha value is -2.40. The molecular weight excluding hydrogens is 345 g/mol. The topological polar surface area (TPSA) is 66.4 Å². The van der Waals surface area contributed by atoms with Crippen molar-refractivity contribution < 1.29 is 19.1 Å². The molecule has 4 nitrogen and oxygen atoms in total. The molecule has 0 bridgehead atoms. The first-order valence-electron chi connectivity index (χ1n) is 7.97. The van der Waals surface area contributed by atoms with Gasteiger partial charge in [0.15, 0.2) is 0 Å². The number of nitrogens with one attached hydrogen (secondary N) is 1. The highest BCUT2D eigenvalue weighted by atomic mass is 35.5. The molecule has 1 saturated carbocycles. The smallest absolute Gasteiger partial charge is 0.312 e. The van der Waals surface area contributed by atoms with E-state index in [0.29, 0.717) is 17.0 Å². The van der Waals surface area contributed by atoms with Crippen molar-refractivity contribution in [3.05, 3.63) is 70.5 Å². The Labute approximate surface area is 149 Å². The van der Waals surface area contributed by atoms with Gasteiger partial charge in [-0.05, 0) is 41.7 Å². The van der Waals surface area contributed by atoms with Crippen LogP contribution in [0.2, 0.25) is 5.02 Å². The zero-order valence-electron chi connectivity index (χ0n) is 13.3. The van der Waals surface area contributed by atoms with E-state index in [2.05, 4.69) is 5.32 Å². The Kier molecular flexibility index (Phi) is 5.04. The zero-order chi connectivity index (χ0) is 18.0. The predicted octanol–water partition coefficient (Wildman–Crippen LogP) is 3.57. The normalized spacial score (nSPS) is 19.9. The van der Waals surface area contributed by atoms with Crippen LogP contribution in [-0.2, 0) is 9.59 Å². The van der Waals surface area contributed by atoms with Crippen LogP contribution in [0.5, 0.6) is 0 Å². The molecule has 6 heteroatoms. The summed E-state index contributed by atoms with van der Waals surface area (Å²) in [6.07, 6.45) is 0.698. The molecule has 3 rings (SSSR count). The van der Waals surface area contributed by atoms with Gasteiger partial charge in [-0.2, -0.15) is 0 Å². The van der Waals surface area contributed by atoms with E-state index in [1.165, 1.54) is 24.3 Å². The van der Waals surface area contributed by atoms with E-state index in [-0.39, 0.29) is 24.3 Å². The highest BCUT2D eigenvalue weighted by molar-refractivity contribution is 6.31. The van der Waals surface area contributed by atoms with Crippen molar-refractivity contribution in [2.75, 3.05) is 6.54 Å². The fourth-order valence-electron chi connectivity index (χ4n) is 2.98. The Bertz CT molecular complexity index is 794. The van der Waals surface area contributed by atoms with E-state index in [0.717, 1.165) is 5.56 Å². The van der Waals surface area contributed by atoms with Crippen LogP contribution >= 0.6 is 11.6 Å². The minimum atomic E-state index is -1.06. The van der Waals surface area contributed by atoms with Crippen LogP contribution < -0.4 is 5.32 Å². The molecule has 130 valence electrons. The zero-order valence-corrected chi connectivity index (χ0v) is 14.0. The molecule has 2 aromatic carbocycles. The third-order valence-corrected chi connectivity index (χ3v) is 4.83. The molecule has 3 atom stereocenters. The fraction of sp³-hybridized carbons (Fsp3) is 0.263. The van der Waals surface area contributed by atoms with Crippen molar-refractivity contribution in [3.63, 3.8) is 0 Å². The summed E-state index contributed by atoms with van der Waals surface area (Å²) in [6.45, 7) is -0.0362. The summed E-state index contributed by atoms with van der Waals surface area (Å²) >= 11 is 6.15. The van der Waals surface area contributed by atoms with Crippen molar-refractivity contribution in [3.8, 4) is 0 Å². The number of carboxylic acid groups (broad SMARTS) is 1. The molecule has 0 heterocycles. The van der Waals surface area contributed by atoms with Gasteiger partial charge in [0.2, 0.25) is 5.91 Å². The maximum absolute atomic E-state index is 13.0. The highest BCUT2D eigenvalue weighted by Gasteiger charge is 2.44. The summed E-state index contributed by atoms with van der Waals surface area (Å²) in [7, 11) is 0. The van der Waals surface area contributed by atoms with Crippen LogP contribution in [0.3, 0.4) is 0 Å². The van der Waals surface area contributed by atoms with E-state index in [9.17, 15) is 19.1 Å². The lowest BCUT2D eigenvalue weighted by atomic mass is 9.99. The summed E-state index contributed by atoms with van der Waals surface area (Å²) in [5, 5.41) is 12.7. The van der Waals surface area contributed by atoms with Crippen molar-refractivity contribution in [2.24, 2.45) is 5.92 Å². The summed E-state index contributed by atoms with van der Waals surface area (Å²) in [6, 6.07) is 12.7. The molecule has 0 spiro atoms. The van der Waals surface area contributed by atoms with E-state index < -0.39 is 17.7 Å². The van der Waals surface area contributed by atoms with Crippen molar-refractivity contribution >= 4 is 23.5 Å². The molecule has 0 unspecified atom stereocenters. The minimum absolute atomic E-state index is 0.0362. The second-order valence-corrected chi connectivity index (χ2v) is 6.56. The van der Waals surface area contributed by atoms with Crippen LogP contribution in [0.4, 0.5) is 4.39 Å². The molecule has 2 aromatic rings. The van der Waals surface area contributed by atoms with E-state index in [4.69, 9.17) is 11.6 Å². The second-order valence-electron chi connectivity index (χ2n) is 6.16. The number of carboxylic acids is 1. The first kappa shape index (κ1) is 17.4. The van der Waals surface area contributed by atoms with Gasteiger partial charge < -0.3 is 10.4 Å². The molecule has 0 aromatic heterocycles. The lowest BCUT2D eigenvalue weighted by Gasteiger charge is -2.14. The second kappa shape index (κ2) is 7.23. The Balaban J connectivity index is 1.61. The highest BCUT2D eigenvalue weighted by Crippen LogP contribution is 2.49. The number of halogens is 2. The summed E-state index contributed by atoms with van der Waals surface area (Å²) < 4.78 is 13.0. The molecule has 2 N–H and O–H groups in total. The molecule has 0 aliphatic heterocycles. The van der Waals surface area contributed by atoms with Gasteiger partial charge in [0, 0.05) is 17.5 Å². The van der Waals surface area contributed by atoms with Crippen LogP contribution in [0.15, 0.2) is 48.5 Å². The van der Waals surface area contributed by atoms with Gasteiger partial charge in [-0.25, -0.2) is 4.39 Å². The van der Waals surface area contributed by atoms with Crippen molar-refractivity contribution in [1.82, 2.24) is 5.32 Å². The maximum atomic E-state index is 13.0. The van der Waals surface area contributed by atoms with Crippen LogP contribution in [0, 0.1) is 11.7 Å². The van der Waals surface area contributed by atoms with Gasteiger partial charge in [-0.15, -0.1) is 0 Å². The third kappa shape index (κ3) is 3.99. The lowest BCUT2D eigenvalue weighted by Crippen LogP contribution is -2.33. The number of benzene rings is 2. The first-order valence-corrected chi connectivity index (χ1v) is 8.35. The van der Waals surface area contributed by atoms with Crippen LogP contribution in [0.25, 0.3) is 0 Å². The summed E-state index contributed by atoms with van der Waals surface area (Å²) in [5.41, 5.74) is 1.39. The predicted molar refractivity (Wildman–Crippen MR) is 92.1 cm³/mol. The van der Waals surface area contributed by atoms with Crippen LogP contribution in [0.1, 0.15) is 29.4 Å². The molecule has 1 fully saturated rings. The molecule has 25 heavy (non-hydrogen) atoms. The van der Waals surface area contributed by atoms with Crippen molar-refractivity contribution in [1.29, 1.82) is 0 Å². The first-order chi connectivity index (χ1) is 12.0. The van der Waals surface area contributed by atoms with E-state index >= 15 is 0 Å². The number of amides is 1. The lowest BCUT2D eigenvalue weighted by molar-refractivity contribution is -0.138. The number of carbonyl (C=O) groups excluding carboxylic acids is 1. The summed E-state index contributed by atoms with van der Waals surface area (Å²) in [4.78, 5) is 23.8. The maximum Gasteiger partial charge on any atom is 0.312 e. The van der Waals surface area contributed by atoms with Gasteiger partial charge in [0.1, 0.15) is 5.82 Å². The molecule has 1 aliphatic rings. The Morgan fingerprint density at radius 2 is 1.88 bits per heavy atom. The number of aliphatic carboxylic acids is 1. The van der Waals surface area contributed by atoms with Gasteiger partial charge in [-0.3, -0.25) is 9.59 Å². The van der Waals surface area contributed by atoms with Gasteiger partial charge in [0.25, 0.3) is 0 Å². The summed E-state index contributed by atoms with van der Waals surface area (Å²) in [5.74, 6) is -2.71. The monoisotopic (exact) mass is 361 g/mol.